The van der Waals surface area contributed by atoms with Gasteiger partial charge in [0.25, 0.3) is 0 Å². The molecule has 1 atom stereocenters. The number of benzene rings is 2. The molecule has 2 aromatic carbocycles. The van der Waals surface area contributed by atoms with Crippen LogP contribution < -0.4 is 5.32 Å². The molecule has 114 valence electrons. The van der Waals surface area contributed by atoms with Crippen molar-refractivity contribution in [1.82, 2.24) is 20.2 Å². The number of hydrogen-bond acceptors (Lipinski definition) is 4. The Morgan fingerprint density at radius 3 is 2.65 bits per heavy atom. The zero-order valence-electron chi connectivity index (χ0n) is 12.4. The molecule has 2 heterocycles. The van der Waals surface area contributed by atoms with Crippen molar-refractivity contribution in [3.63, 3.8) is 0 Å². The van der Waals surface area contributed by atoms with Gasteiger partial charge in [-0.05, 0) is 52.2 Å². The molecular formula is C17H14ClN5. The maximum Gasteiger partial charge on any atom is 0.248 e. The summed E-state index contributed by atoms with van der Waals surface area (Å²) in [5, 5.41) is 16.0. The van der Waals surface area contributed by atoms with E-state index in [-0.39, 0.29) is 6.04 Å². The Morgan fingerprint density at radius 2 is 1.87 bits per heavy atom. The Balaban J connectivity index is 1.83. The summed E-state index contributed by atoms with van der Waals surface area (Å²) in [4.78, 5) is 0. The first-order valence-electron chi connectivity index (χ1n) is 7.30. The van der Waals surface area contributed by atoms with Crippen molar-refractivity contribution in [2.24, 2.45) is 0 Å². The molecule has 0 fully saturated rings. The predicted molar refractivity (Wildman–Crippen MR) is 90.2 cm³/mol. The third-order valence-electron chi connectivity index (χ3n) is 3.99. The average molecular weight is 324 g/mol. The number of aromatic nitrogens is 4. The Labute approximate surface area is 138 Å². The minimum atomic E-state index is -0.0480. The summed E-state index contributed by atoms with van der Waals surface area (Å²) >= 11 is 5.98. The number of tetrazole rings is 1. The topological polar surface area (TPSA) is 55.6 Å². The number of allylic oxidation sites excluding steroid dienone is 1. The van der Waals surface area contributed by atoms with E-state index in [0.717, 1.165) is 11.3 Å². The maximum atomic E-state index is 5.98. The number of hydrogen-bond donors (Lipinski definition) is 1. The van der Waals surface area contributed by atoms with E-state index in [9.17, 15) is 0 Å². The lowest BCUT2D eigenvalue weighted by Gasteiger charge is -2.24. The highest BCUT2D eigenvalue weighted by Gasteiger charge is 2.25. The van der Waals surface area contributed by atoms with Crippen molar-refractivity contribution in [2.45, 2.75) is 13.0 Å². The van der Waals surface area contributed by atoms with E-state index in [0.29, 0.717) is 11.0 Å². The van der Waals surface area contributed by atoms with E-state index in [1.807, 2.05) is 36.4 Å². The van der Waals surface area contributed by atoms with Gasteiger partial charge in [0, 0.05) is 10.7 Å². The van der Waals surface area contributed by atoms with Crippen molar-refractivity contribution in [3.05, 3.63) is 76.3 Å². The van der Waals surface area contributed by atoms with E-state index >= 15 is 0 Å². The van der Waals surface area contributed by atoms with Crippen LogP contribution in [0.5, 0.6) is 0 Å². The van der Waals surface area contributed by atoms with Crippen molar-refractivity contribution in [1.29, 1.82) is 0 Å². The van der Waals surface area contributed by atoms with E-state index < -0.39 is 0 Å². The highest BCUT2D eigenvalue weighted by atomic mass is 35.5. The first kappa shape index (κ1) is 14.0. The minimum absolute atomic E-state index is 0.0480. The van der Waals surface area contributed by atoms with Gasteiger partial charge in [0.15, 0.2) is 0 Å². The highest BCUT2D eigenvalue weighted by molar-refractivity contribution is 6.30. The second-order valence-corrected chi connectivity index (χ2v) is 5.90. The summed E-state index contributed by atoms with van der Waals surface area (Å²) in [5.41, 5.74) is 4.39. The molecular weight excluding hydrogens is 310 g/mol. The second kappa shape index (κ2) is 5.52. The van der Waals surface area contributed by atoms with Crippen LogP contribution in [0.1, 0.15) is 22.7 Å². The Bertz CT molecular complexity index is 882. The van der Waals surface area contributed by atoms with E-state index in [1.165, 1.54) is 11.1 Å². The Kier molecular flexibility index (Phi) is 3.35. The molecule has 0 bridgehead atoms. The summed E-state index contributed by atoms with van der Waals surface area (Å²) in [7, 11) is 0. The second-order valence-electron chi connectivity index (χ2n) is 5.46. The molecule has 5 nitrogen and oxygen atoms in total. The number of rotatable bonds is 2. The quantitative estimate of drug-likeness (QED) is 0.781. The van der Waals surface area contributed by atoms with E-state index in [2.05, 4.69) is 46.0 Å². The number of fused-ring (bicyclic) bond motifs is 1. The van der Waals surface area contributed by atoms with Crippen molar-refractivity contribution in [2.75, 3.05) is 5.32 Å². The molecule has 3 aromatic rings. The molecule has 0 radical (unpaired) electrons. The fourth-order valence-electron chi connectivity index (χ4n) is 2.79. The van der Waals surface area contributed by atoms with Gasteiger partial charge in [-0.15, -0.1) is 0 Å². The van der Waals surface area contributed by atoms with Gasteiger partial charge in [-0.1, -0.05) is 53.1 Å². The SMILES string of the molecule is Cc1ccccc1C1C=C(c2ccc(Cl)cc2)Nc2nnnn21. The number of nitrogens with zero attached hydrogens (tertiary/aromatic N) is 4. The zero-order valence-corrected chi connectivity index (χ0v) is 13.2. The van der Waals surface area contributed by atoms with Gasteiger partial charge >= 0.3 is 0 Å². The van der Waals surface area contributed by atoms with Gasteiger partial charge in [0.1, 0.15) is 6.04 Å². The number of anilines is 1. The number of aryl methyl sites for hydroxylation is 1. The summed E-state index contributed by atoms with van der Waals surface area (Å²) in [6, 6.07) is 15.9. The van der Waals surface area contributed by atoms with Crippen LogP contribution in [0.4, 0.5) is 5.95 Å². The molecule has 1 unspecified atom stereocenters. The van der Waals surface area contributed by atoms with Crippen LogP contribution in [0.2, 0.25) is 5.02 Å². The van der Waals surface area contributed by atoms with E-state index in [1.54, 1.807) is 4.68 Å². The summed E-state index contributed by atoms with van der Waals surface area (Å²) in [6.07, 6.45) is 2.13. The molecule has 4 rings (SSSR count). The van der Waals surface area contributed by atoms with Crippen LogP contribution in [-0.2, 0) is 0 Å². The smallest absolute Gasteiger partial charge is 0.248 e. The van der Waals surface area contributed by atoms with Crippen LogP contribution in [0, 0.1) is 6.92 Å². The predicted octanol–water partition coefficient (Wildman–Crippen LogP) is 3.69. The van der Waals surface area contributed by atoms with Gasteiger partial charge in [-0.3, -0.25) is 0 Å². The normalized spacial score (nSPS) is 16.4. The van der Waals surface area contributed by atoms with Gasteiger partial charge < -0.3 is 5.32 Å². The molecule has 0 aliphatic carbocycles. The lowest BCUT2D eigenvalue weighted by molar-refractivity contribution is 0.583. The van der Waals surface area contributed by atoms with Crippen LogP contribution in [0.15, 0.2) is 54.6 Å². The molecule has 0 amide bonds. The standard InChI is InChI=1S/C17H14ClN5/c1-11-4-2-3-5-14(11)16-10-15(12-6-8-13(18)9-7-12)19-17-20-21-22-23(16)17/h2-10,16H,1H3,(H,19,20,22). The lowest BCUT2D eigenvalue weighted by Crippen LogP contribution is -2.20. The van der Waals surface area contributed by atoms with Crippen LogP contribution in [-0.4, -0.2) is 20.2 Å². The zero-order chi connectivity index (χ0) is 15.8. The van der Waals surface area contributed by atoms with Crippen LogP contribution in [0.25, 0.3) is 5.70 Å². The van der Waals surface area contributed by atoms with Crippen molar-refractivity contribution in [3.8, 4) is 0 Å². The number of nitrogens with one attached hydrogen (secondary N) is 1. The minimum Gasteiger partial charge on any atom is -0.323 e. The third-order valence-corrected chi connectivity index (χ3v) is 4.24. The first-order valence-corrected chi connectivity index (χ1v) is 7.68. The molecule has 1 aliphatic rings. The molecule has 1 aliphatic heterocycles. The molecule has 6 heteroatoms. The van der Waals surface area contributed by atoms with E-state index in [4.69, 9.17) is 11.6 Å². The monoisotopic (exact) mass is 323 g/mol. The van der Waals surface area contributed by atoms with Crippen LogP contribution in [0.3, 0.4) is 0 Å². The Morgan fingerprint density at radius 1 is 1.09 bits per heavy atom. The maximum absolute atomic E-state index is 5.98. The van der Waals surface area contributed by atoms with Gasteiger partial charge in [-0.25, -0.2) is 0 Å². The van der Waals surface area contributed by atoms with Gasteiger partial charge in [-0.2, -0.15) is 4.68 Å². The summed E-state index contributed by atoms with van der Waals surface area (Å²) < 4.78 is 1.79. The molecule has 0 saturated heterocycles. The summed E-state index contributed by atoms with van der Waals surface area (Å²) in [6.45, 7) is 2.09. The fourth-order valence-corrected chi connectivity index (χ4v) is 2.92. The molecule has 1 N–H and O–H groups in total. The lowest BCUT2D eigenvalue weighted by atomic mass is 9.98. The average Bonchev–Trinajstić information content (AvgIpc) is 3.04. The molecule has 0 spiro atoms. The highest BCUT2D eigenvalue weighted by Crippen LogP contribution is 2.33. The van der Waals surface area contributed by atoms with Crippen molar-refractivity contribution >= 4 is 23.2 Å². The number of halogens is 1. The van der Waals surface area contributed by atoms with Gasteiger partial charge in [0.2, 0.25) is 5.95 Å². The third kappa shape index (κ3) is 2.49. The summed E-state index contributed by atoms with van der Waals surface area (Å²) in [5.74, 6) is 0.630. The van der Waals surface area contributed by atoms with Crippen molar-refractivity contribution < 1.29 is 0 Å². The van der Waals surface area contributed by atoms with Gasteiger partial charge in [0.05, 0.1) is 0 Å². The van der Waals surface area contributed by atoms with Crippen LogP contribution >= 0.6 is 11.6 Å². The first-order chi connectivity index (χ1) is 11.2. The molecule has 0 saturated carbocycles. The molecule has 1 aromatic heterocycles. The molecule has 23 heavy (non-hydrogen) atoms. The fraction of sp³-hybridized carbons (Fsp3) is 0.118. The Hall–Kier alpha value is -2.66. The largest absolute Gasteiger partial charge is 0.323 e.